The second-order valence-corrected chi connectivity index (χ2v) is 7.07. The van der Waals surface area contributed by atoms with Crippen LogP contribution in [0.2, 0.25) is 0 Å². The summed E-state index contributed by atoms with van der Waals surface area (Å²) in [6, 6.07) is 5.27. The molecule has 1 amide bonds. The maximum Gasteiger partial charge on any atom is 0.249 e. The van der Waals surface area contributed by atoms with Crippen molar-refractivity contribution in [2.75, 3.05) is 5.75 Å². The van der Waals surface area contributed by atoms with Crippen molar-refractivity contribution in [2.45, 2.75) is 32.1 Å². The largest absolute Gasteiger partial charge is 0.366 e. The van der Waals surface area contributed by atoms with E-state index in [0.29, 0.717) is 12.0 Å². The molecular formula is C15H20N2O3S. The van der Waals surface area contributed by atoms with Crippen LogP contribution in [0.15, 0.2) is 24.3 Å². The van der Waals surface area contributed by atoms with Crippen LogP contribution >= 0.6 is 0 Å². The van der Waals surface area contributed by atoms with Crippen molar-refractivity contribution in [1.82, 2.24) is 0 Å². The van der Waals surface area contributed by atoms with E-state index in [1.807, 2.05) is 6.07 Å². The summed E-state index contributed by atoms with van der Waals surface area (Å²) in [5.41, 5.74) is 8.71. The van der Waals surface area contributed by atoms with Gasteiger partial charge in [0.15, 0.2) is 0 Å². The molecule has 0 radical (unpaired) electrons. The van der Waals surface area contributed by atoms with Crippen molar-refractivity contribution in [2.24, 2.45) is 10.9 Å². The van der Waals surface area contributed by atoms with Gasteiger partial charge in [-0.15, -0.1) is 0 Å². The van der Waals surface area contributed by atoms with Crippen molar-refractivity contribution in [1.29, 1.82) is 0 Å². The molecule has 0 fully saturated rings. The Bertz CT molecular complexity index is 678. The zero-order valence-corrected chi connectivity index (χ0v) is 12.7. The molecule has 0 heterocycles. The van der Waals surface area contributed by atoms with Gasteiger partial charge in [-0.1, -0.05) is 18.2 Å². The smallest absolute Gasteiger partial charge is 0.249 e. The van der Waals surface area contributed by atoms with E-state index in [1.54, 1.807) is 12.1 Å². The summed E-state index contributed by atoms with van der Waals surface area (Å²) in [6.45, 7) is 0. The van der Waals surface area contributed by atoms with Crippen LogP contribution in [-0.2, 0) is 16.4 Å². The monoisotopic (exact) mass is 308 g/mol. The van der Waals surface area contributed by atoms with Crippen LogP contribution in [0, 0.1) is 0 Å². The lowest BCUT2D eigenvalue weighted by molar-refractivity contribution is 0.1000. The molecule has 2 rings (SSSR count). The number of nitrogens with two attached hydrogens (primary N) is 2. The third kappa shape index (κ3) is 4.41. The van der Waals surface area contributed by atoms with Gasteiger partial charge >= 0.3 is 0 Å². The van der Waals surface area contributed by atoms with Gasteiger partial charge < -0.3 is 5.73 Å². The number of allylic oxidation sites excluding steroid dienone is 2. The summed E-state index contributed by atoms with van der Waals surface area (Å²) in [7, 11) is -3.49. The van der Waals surface area contributed by atoms with Crippen molar-refractivity contribution in [3.8, 4) is 0 Å². The Balaban J connectivity index is 2.34. The first-order valence-corrected chi connectivity index (χ1v) is 8.71. The Kier molecular flexibility index (Phi) is 4.80. The number of sulfonamides is 1. The average molecular weight is 308 g/mol. The Morgan fingerprint density at radius 1 is 1.24 bits per heavy atom. The molecule has 21 heavy (non-hydrogen) atoms. The lowest BCUT2D eigenvalue weighted by Gasteiger charge is -2.16. The third-order valence-corrected chi connectivity index (χ3v) is 4.43. The zero-order valence-electron chi connectivity index (χ0n) is 11.8. The number of hydrogen-bond acceptors (Lipinski definition) is 3. The van der Waals surface area contributed by atoms with Crippen molar-refractivity contribution in [3.63, 3.8) is 0 Å². The molecule has 0 spiro atoms. The molecule has 4 N–H and O–H groups in total. The van der Waals surface area contributed by atoms with E-state index in [0.717, 1.165) is 42.4 Å². The summed E-state index contributed by atoms with van der Waals surface area (Å²) < 4.78 is 22.1. The topological polar surface area (TPSA) is 103 Å². The van der Waals surface area contributed by atoms with Crippen LogP contribution < -0.4 is 10.9 Å². The molecule has 114 valence electrons. The van der Waals surface area contributed by atoms with Crippen molar-refractivity contribution in [3.05, 3.63) is 41.0 Å². The maximum absolute atomic E-state index is 11.6. The molecule has 1 aliphatic carbocycles. The minimum atomic E-state index is -3.49. The van der Waals surface area contributed by atoms with E-state index in [4.69, 9.17) is 10.9 Å². The fourth-order valence-electron chi connectivity index (χ4n) is 2.57. The van der Waals surface area contributed by atoms with Gasteiger partial charge in [0.1, 0.15) is 0 Å². The Labute approximate surface area is 125 Å². The molecule has 0 aliphatic heterocycles. The Morgan fingerprint density at radius 2 is 2.00 bits per heavy atom. The van der Waals surface area contributed by atoms with E-state index < -0.39 is 15.9 Å². The number of primary sulfonamides is 1. The van der Waals surface area contributed by atoms with Gasteiger partial charge in [0.05, 0.1) is 5.75 Å². The van der Waals surface area contributed by atoms with Gasteiger partial charge in [-0.2, -0.15) is 0 Å². The van der Waals surface area contributed by atoms with Crippen molar-refractivity contribution < 1.29 is 13.2 Å². The van der Waals surface area contributed by atoms with E-state index in [1.165, 1.54) is 0 Å². The normalized spacial score (nSPS) is 15.6. The standard InChI is InChI=1S/C15H20N2O3S/c16-15(18)13-7-6-11(8-9-21(17,19)20)10-14(13)12-4-2-1-3-5-12/h4,6-7,10H,1-3,5,8-9H2,(H2,16,18)(H2,17,19,20). The quantitative estimate of drug-likeness (QED) is 0.862. The second kappa shape index (κ2) is 6.41. The first kappa shape index (κ1) is 15.7. The molecule has 6 heteroatoms. The Morgan fingerprint density at radius 3 is 2.57 bits per heavy atom. The highest BCUT2D eigenvalue weighted by atomic mass is 32.2. The average Bonchev–Trinajstić information content (AvgIpc) is 2.45. The summed E-state index contributed by atoms with van der Waals surface area (Å²) >= 11 is 0. The minimum absolute atomic E-state index is 0.110. The van der Waals surface area contributed by atoms with Crippen molar-refractivity contribution >= 4 is 21.5 Å². The summed E-state index contributed by atoms with van der Waals surface area (Å²) in [6.07, 6.45) is 6.62. The fourth-order valence-corrected chi connectivity index (χ4v) is 3.09. The van der Waals surface area contributed by atoms with Gasteiger partial charge in [-0.05, 0) is 54.9 Å². The number of primary amides is 1. The Hall–Kier alpha value is -1.66. The molecule has 0 aromatic heterocycles. The molecule has 1 aliphatic rings. The summed E-state index contributed by atoms with van der Waals surface area (Å²) in [4.78, 5) is 11.6. The first-order chi connectivity index (χ1) is 9.87. The molecule has 0 atom stereocenters. The van der Waals surface area contributed by atoms with Gasteiger partial charge in [0.2, 0.25) is 15.9 Å². The van der Waals surface area contributed by atoms with Crippen LogP contribution in [0.25, 0.3) is 5.57 Å². The predicted molar refractivity (Wildman–Crippen MR) is 83.1 cm³/mol. The molecule has 0 bridgehead atoms. The van der Waals surface area contributed by atoms with E-state index >= 15 is 0 Å². The number of carbonyl (C=O) groups excluding carboxylic acids is 1. The summed E-state index contributed by atoms with van der Waals surface area (Å²) in [5.74, 6) is -0.573. The predicted octanol–water partition coefficient (Wildman–Crippen LogP) is 1.57. The number of rotatable bonds is 5. The van der Waals surface area contributed by atoms with E-state index in [2.05, 4.69) is 6.08 Å². The van der Waals surface area contributed by atoms with Crippen LogP contribution in [0.4, 0.5) is 0 Å². The number of aryl methyl sites for hydroxylation is 1. The van der Waals surface area contributed by atoms with Gasteiger partial charge in [0.25, 0.3) is 0 Å². The zero-order chi connectivity index (χ0) is 15.5. The molecule has 1 aromatic carbocycles. The number of benzene rings is 1. The number of amides is 1. The number of hydrogen-bond donors (Lipinski definition) is 2. The highest BCUT2D eigenvalue weighted by Gasteiger charge is 2.15. The van der Waals surface area contributed by atoms with Crippen LogP contribution in [0.5, 0.6) is 0 Å². The van der Waals surface area contributed by atoms with Crippen LogP contribution in [-0.4, -0.2) is 20.1 Å². The van der Waals surface area contributed by atoms with E-state index in [-0.39, 0.29) is 5.75 Å². The van der Waals surface area contributed by atoms with E-state index in [9.17, 15) is 13.2 Å². The van der Waals surface area contributed by atoms with Crippen LogP contribution in [0.3, 0.4) is 0 Å². The highest BCUT2D eigenvalue weighted by molar-refractivity contribution is 7.89. The molecule has 0 unspecified atom stereocenters. The molecule has 0 saturated carbocycles. The number of carbonyl (C=O) groups is 1. The van der Waals surface area contributed by atoms with Gasteiger partial charge in [-0.25, -0.2) is 13.6 Å². The fraction of sp³-hybridized carbons (Fsp3) is 0.400. The first-order valence-electron chi connectivity index (χ1n) is 6.99. The minimum Gasteiger partial charge on any atom is -0.366 e. The van der Waals surface area contributed by atoms with Gasteiger partial charge in [0, 0.05) is 5.56 Å². The lowest BCUT2D eigenvalue weighted by Crippen LogP contribution is -2.18. The third-order valence-electron chi connectivity index (χ3n) is 3.66. The summed E-state index contributed by atoms with van der Waals surface area (Å²) in [5, 5.41) is 5.03. The molecule has 1 aromatic rings. The molecule has 0 saturated heterocycles. The lowest BCUT2D eigenvalue weighted by atomic mass is 9.89. The SMILES string of the molecule is NC(=O)c1ccc(CCS(N)(=O)=O)cc1C1=CCCCC1. The molecular weight excluding hydrogens is 288 g/mol. The van der Waals surface area contributed by atoms with Gasteiger partial charge in [-0.3, -0.25) is 4.79 Å². The molecule has 5 nitrogen and oxygen atoms in total. The highest BCUT2D eigenvalue weighted by Crippen LogP contribution is 2.29. The second-order valence-electron chi connectivity index (χ2n) is 5.34. The van der Waals surface area contributed by atoms with Crippen LogP contribution in [0.1, 0.15) is 47.2 Å². The maximum atomic E-state index is 11.6.